The summed E-state index contributed by atoms with van der Waals surface area (Å²) in [5.74, 6) is -0.254. The minimum Gasteiger partial charge on any atom is -0.462 e. The molecule has 0 aromatic heterocycles. The van der Waals surface area contributed by atoms with E-state index in [4.69, 9.17) is 4.74 Å². The lowest BCUT2D eigenvalue weighted by atomic mass is 10.2. The Labute approximate surface area is 79.6 Å². The Morgan fingerprint density at radius 2 is 2.23 bits per heavy atom. The minimum atomic E-state index is -0.254. The molecule has 0 rings (SSSR count). The van der Waals surface area contributed by atoms with Crippen LogP contribution in [0.2, 0.25) is 0 Å². The Hall–Kier alpha value is -1.31. The van der Waals surface area contributed by atoms with Gasteiger partial charge < -0.3 is 4.74 Å². The second kappa shape index (κ2) is 7.35. The highest BCUT2D eigenvalue weighted by Gasteiger charge is 1.88. The fourth-order valence-corrected chi connectivity index (χ4v) is 0.808. The molecule has 0 atom stereocenters. The van der Waals surface area contributed by atoms with E-state index in [1.54, 1.807) is 6.08 Å². The zero-order chi connectivity index (χ0) is 10.1. The molecule has 0 aromatic rings. The van der Waals surface area contributed by atoms with Gasteiger partial charge in [0, 0.05) is 6.92 Å². The van der Waals surface area contributed by atoms with Gasteiger partial charge in [0.05, 0.1) is 0 Å². The van der Waals surface area contributed by atoms with E-state index in [9.17, 15) is 4.79 Å². The van der Waals surface area contributed by atoms with Crippen LogP contribution >= 0.6 is 0 Å². The molecule has 0 radical (unpaired) electrons. The molecule has 0 N–H and O–H groups in total. The van der Waals surface area contributed by atoms with Crippen LogP contribution in [-0.2, 0) is 9.53 Å². The third kappa shape index (κ3) is 7.06. The summed E-state index contributed by atoms with van der Waals surface area (Å²) in [4.78, 5) is 10.4. The second-order valence-corrected chi connectivity index (χ2v) is 2.54. The van der Waals surface area contributed by atoms with Crippen molar-refractivity contribution < 1.29 is 9.53 Å². The maximum absolute atomic E-state index is 10.4. The van der Waals surface area contributed by atoms with Crippen LogP contribution < -0.4 is 0 Å². The normalized spacial score (nSPS) is 11.7. The van der Waals surface area contributed by atoms with E-state index in [1.807, 2.05) is 18.2 Å². The van der Waals surface area contributed by atoms with Crippen LogP contribution in [0, 0.1) is 0 Å². The van der Waals surface area contributed by atoms with Gasteiger partial charge in [0.2, 0.25) is 0 Å². The molecule has 2 heteroatoms. The summed E-state index contributed by atoms with van der Waals surface area (Å²) in [5.41, 5.74) is 1.17. The summed E-state index contributed by atoms with van der Waals surface area (Å²) in [6.07, 6.45) is 8.38. The molecule has 0 fully saturated rings. The van der Waals surface area contributed by atoms with Crippen molar-refractivity contribution >= 4 is 5.97 Å². The van der Waals surface area contributed by atoms with Crippen molar-refractivity contribution in [3.63, 3.8) is 0 Å². The maximum Gasteiger partial charge on any atom is 0.302 e. The van der Waals surface area contributed by atoms with Gasteiger partial charge in [-0.25, -0.2) is 0 Å². The van der Waals surface area contributed by atoms with Crippen LogP contribution in [0.5, 0.6) is 0 Å². The highest BCUT2D eigenvalue weighted by Crippen LogP contribution is 2.02. The number of allylic oxidation sites excluding steroid dienone is 4. The Balaban J connectivity index is 3.87. The van der Waals surface area contributed by atoms with E-state index in [-0.39, 0.29) is 5.97 Å². The zero-order valence-electron chi connectivity index (χ0n) is 8.25. The number of hydrogen-bond acceptors (Lipinski definition) is 2. The molecule has 0 unspecified atom stereocenters. The third-order valence-electron chi connectivity index (χ3n) is 1.45. The van der Waals surface area contributed by atoms with Gasteiger partial charge in [0.15, 0.2) is 0 Å². The van der Waals surface area contributed by atoms with Gasteiger partial charge in [0.25, 0.3) is 0 Å². The summed E-state index contributed by atoms with van der Waals surface area (Å²) < 4.78 is 4.74. The standard InChI is InChI=1S/C11H16O2/c1-4-7-11(5-2)8-6-9-13-10(3)12/h4,6-8H,1,5,9H2,2-3H3/b8-6-,11-7-. The topological polar surface area (TPSA) is 26.3 Å². The molecule has 72 valence electrons. The molecule has 2 nitrogen and oxygen atoms in total. The van der Waals surface area contributed by atoms with Gasteiger partial charge >= 0.3 is 5.97 Å². The van der Waals surface area contributed by atoms with Crippen LogP contribution in [0.25, 0.3) is 0 Å². The van der Waals surface area contributed by atoms with Gasteiger partial charge in [-0.15, -0.1) is 0 Å². The lowest BCUT2D eigenvalue weighted by molar-refractivity contribution is -0.139. The van der Waals surface area contributed by atoms with Crippen LogP contribution in [0.1, 0.15) is 20.3 Å². The molecule has 0 saturated carbocycles. The van der Waals surface area contributed by atoms with E-state index in [2.05, 4.69) is 13.5 Å². The van der Waals surface area contributed by atoms with Crippen LogP contribution in [0.15, 0.2) is 36.5 Å². The molecular weight excluding hydrogens is 164 g/mol. The van der Waals surface area contributed by atoms with Crippen molar-refractivity contribution in [2.24, 2.45) is 0 Å². The van der Waals surface area contributed by atoms with Crippen molar-refractivity contribution in [1.82, 2.24) is 0 Å². The fourth-order valence-electron chi connectivity index (χ4n) is 0.808. The first-order valence-electron chi connectivity index (χ1n) is 4.32. The van der Waals surface area contributed by atoms with E-state index < -0.39 is 0 Å². The fraction of sp³-hybridized carbons (Fsp3) is 0.364. The SMILES string of the molecule is C=C/C=C(\C=C/COC(C)=O)CC. The molecule has 0 aliphatic rings. The number of carbonyl (C=O) groups excluding carboxylic acids is 1. The lowest BCUT2D eigenvalue weighted by Crippen LogP contribution is -1.97. The molecule has 0 aromatic carbocycles. The summed E-state index contributed by atoms with van der Waals surface area (Å²) in [6, 6.07) is 0. The van der Waals surface area contributed by atoms with Crippen LogP contribution in [0.3, 0.4) is 0 Å². The lowest BCUT2D eigenvalue weighted by Gasteiger charge is -1.96. The number of ether oxygens (including phenoxy) is 1. The molecule has 0 heterocycles. The number of carbonyl (C=O) groups is 1. The summed E-state index contributed by atoms with van der Waals surface area (Å²) in [6.45, 7) is 7.40. The van der Waals surface area contributed by atoms with Crippen molar-refractivity contribution in [2.75, 3.05) is 6.61 Å². The monoisotopic (exact) mass is 180 g/mol. The summed E-state index contributed by atoms with van der Waals surface area (Å²) >= 11 is 0. The smallest absolute Gasteiger partial charge is 0.302 e. The Bertz CT molecular complexity index is 224. The zero-order valence-corrected chi connectivity index (χ0v) is 8.25. The molecule has 0 saturated heterocycles. The maximum atomic E-state index is 10.4. The molecular formula is C11H16O2. The van der Waals surface area contributed by atoms with E-state index >= 15 is 0 Å². The van der Waals surface area contributed by atoms with Gasteiger partial charge in [-0.1, -0.05) is 31.7 Å². The van der Waals surface area contributed by atoms with Gasteiger partial charge in [-0.3, -0.25) is 4.79 Å². The first-order chi connectivity index (χ1) is 6.20. The van der Waals surface area contributed by atoms with E-state index in [1.165, 1.54) is 12.5 Å². The van der Waals surface area contributed by atoms with Crippen molar-refractivity contribution in [1.29, 1.82) is 0 Å². The van der Waals surface area contributed by atoms with Crippen molar-refractivity contribution in [2.45, 2.75) is 20.3 Å². The Kier molecular flexibility index (Phi) is 6.60. The van der Waals surface area contributed by atoms with Gasteiger partial charge in [-0.2, -0.15) is 0 Å². The van der Waals surface area contributed by atoms with E-state index in [0.29, 0.717) is 6.61 Å². The van der Waals surface area contributed by atoms with Gasteiger partial charge in [-0.05, 0) is 18.1 Å². The number of esters is 1. The van der Waals surface area contributed by atoms with Crippen LogP contribution in [-0.4, -0.2) is 12.6 Å². The van der Waals surface area contributed by atoms with Gasteiger partial charge in [0.1, 0.15) is 6.61 Å². The largest absolute Gasteiger partial charge is 0.462 e. The average Bonchev–Trinajstić information content (AvgIpc) is 2.10. The molecule has 0 aliphatic carbocycles. The minimum absolute atomic E-state index is 0.254. The predicted molar refractivity (Wildman–Crippen MR) is 54.3 cm³/mol. The van der Waals surface area contributed by atoms with E-state index in [0.717, 1.165) is 6.42 Å². The number of rotatable bonds is 5. The Morgan fingerprint density at radius 3 is 2.69 bits per heavy atom. The quantitative estimate of drug-likeness (QED) is 0.480. The molecule has 0 spiro atoms. The van der Waals surface area contributed by atoms with Crippen molar-refractivity contribution in [3.8, 4) is 0 Å². The second-order valence-electron chi connectivity index (χ2n) is 2.54. The average molecular weight is 180 g/mol. The summed E-state index contributed by atoms with van der Waals surface area (Å²) in [5, 5.41) is 0. The van der Waals surface area contributed by atoms with Crippen molar-refractivity contribution in [3.05, 3.63) is 36.5 Å². The summed E-state index contributed by atoms with van der Waals surface area (Å²) in [7, 11) is 0. The molecule has 0 aliphatic heterocycles. The van der Waals surface area contributed by atoms with Crippen LogP contribution in [0.4, 0.5) is 0 Å². The molecule has 13 heavy (non-hydrogen) atoms. The molecule has 0 bridgehead atoms. The highest BCUT2D eigenvalue weighted by molar-refractivity contribution is 5.66. The first-order valence-corrected chi connectivity index (χ1v) is 4.32. The Morgan fingerprint density at radius 1 is 1.54 bits per heavy atom. The molecule has 0 amide bonds. The first kappa shape index (κ1) is 11.7. The highest BCUT2D eigenvalue weighted by atomic mass is 16.5. The number of hydrogen-bond donors (Lipinski definition) is 0. The third-order valence-corrected chi connectivity index (χ3v) is 1.45. The predicted octanol–water partition coefficient (Wildman–Crippen LogP) is 2.63.